The average molecular weight is 186 g/mol. The summed E-state index contributed by atoms with van der Waals surface area (Å²) in [6, 6.07) is 0. The third kappa shape index (κ3) is 7.87. The summed E-state index contributed by atoms with van der Waals surface area (Å²) in [5.41, 5.74) is 0.640. The van der Waals surface area contributed by atoms with Gasteiger partial charge in [-0.15, -0.1) is 0 Å². The van der Waals surface area contributed by atoms with Crippen LogP contribution in [-0.4, -0.2) is 11.9 Å². The van der Waals surface area contributed by atoms with E-state index < -0.39 is 0 Å². The first-order chi connectivity index (χ1) is 5.81. The molecule has 0 heterocycles. The molecular formula is C9H19N2P. The van der Waals surface area contributed by atoms with Crippen LogP contribution >= 0.6 is 9.39 Å². The predicted molar refractivity (Wildman–Crippen MR) is 59.3 cm³/mol. The number of rotatable bonds is 7. The Bertz CT molecular complexity index is 143. The molecule has 0 aliphatic carbocycles. The lowest BCUT2D eigenvalue weighted by molar-refractivity contribution is 0.644. The van der Waals surface area contributed by atoms with Gasteiger partial charge in [-0.1, -0.05) is 32.6 Å². The highest BCUT2D eigenvalue weighted by Crippen LogP contribution is 2.04. The highest BCUT2D eigenvalue weighted by molar-refractivity contribution is 7.15. The van der Waals surface area contributed by atoms with Gasteiger partial charge in [-0.05, 0) is 22.2 Å². The maximum Gasteiger partial charge on any atom is 0.0495 e. The van der Waals surface area contributed by atoms with Crippen LogP contribution < -0.4 is 0 Å². The molecule has 2 nitrogen and oxygen atoms in total. The lowest BCUT2D eigenvalue weighted by Crippen LogP contribution is -1.96. The first kappa shape index (κ1) is 11.8. The normalized spacial score (nSPS) is 10.8. The van der Waals surface area contributed by atoms with Crippen molar-refractivity contribution in [3.8, 4) is 0 Å². The van der Waals surface area contributed by atoms with E-state index in [0.717, 1.165) is 12.8 Å². The zero-order valence-corrected chi connectivity index (χ0v) is 9.00. The van der Waals surface area contributed by atoms with E-state index in [1.54, 1.807) is 6.21 Å². The molecule has 0 fully saturated rings. The fourth-order valence-electron chi connectivity index (χ4n) is 1.07. The number of hydrogen-bond acceptors (Lipinski definition) is 2. The molecule has 1 unspecified atom stereocenters. The zero-order valence-electron chi connectivity index (χ0n) is 7.84. The van der Waals surface area contributed by atoms with Crippen LogP contribution in [0.15, 0.2) is 4.76 Å². The summed E-state index contributed by atoms with van der Waals surface area (Å²) in [5, 5.41) is 7.41. The van der Waals surface area contributed by atoms with Crippen molar-refractivity contribution in [1.29, 1.82) is 5.41 Å². The van der Waals surface area contributed by atoms with Crippen molar-refractivity contribution in [2.75, 3.05) is 0 Å². The Morgan fingerprint density at radius 1 is 1.33 bits per heavy atom. The lowest BCUT2D eigenvalue weighted by Gasteiger charge is -1.98. The van der Waals surface area contributed by atoms with Gasteiger partial charge in [0.25, 0.3) is 0 Å². The van der Waals surface area contributed by atoms with Crippen LogP contribution in [0.4, 0.5) is 0 Å². The van der Waals surface area contributed by atoms with Crippen LogP contribution in [0.25, 0.3) is 0 Å². The Morgan fingerprint density at radius 3 is 2.58 bits per heavy atom. The molecule has 0 rings (SSSR count). The van der Waals surface area contributed by atoms with Gasteiger partial charge in [0.15, 0.2) is 0 Å². The van der Waals surface area contributed by atoms with Crippen LogP contribution in [-0.2, 0) is 0 Å². The third-order valence-corrected chi connectivity index (χ3v) is 1.93. The van der Waals surface area contributed by atoms with E-state index in [4.69, 9.17) is 5.41 Å². The minimum Gasteiger partial charge on any atom is -0.304 e. The second kappa shape index (κ2) is 8.86. The summed E-state index contributed by atoms with van der Waals surface area (Å²) in [6.45, 7) is 2.21. The molecule has 0 saturated carbocycles. The van der Waals surface area contributed by atoms with E-state index in [-0.39, 0.29) is 0 Å². The number of unbranched alkanes of at least 4 members (excludes halogenated alkanes) is 4. The van der Waals surface area contributed by atoms with Crippen molar-refractivity contribution < 1.29 is 0 Å². The van der Waals surface area contributed by atoms with Gasteiger partial charge >= 0.3 is 0 Å². The van der Waals surface area contributed by atoms with E-state index in [1.165, 1.54) is 25.7 Å². The second-order valence-electron chi connectivity index (χ2n) is 2.97. The fourth-order valence-corrected chi connectivity index (χ4v) is 1.25. The summed E-state index contributed by atoms with van der Waals surface area (Å²) in [5.74, 6) is 0. The van der Waals surface area contributed by atoms with Crippen molar-refractivity contribution in [2.24, 2.45) is 4.76 Å². The monoisotopic (exact) mass is 186 g/mol. The van der Waals surface area contributed by atoms with Crippen LogP contribution in [0.3, 0.4) is 0 Å². The van der Waals surface area contributed by atoms with Crippen molar-refractivity contribution in [3.63, 3.8) is 0 Å². The van der Waals surface area contributed by atoms with E-state index >= 15 is 0 Å². The van der Waals surface area contributed by atoms with Gasteiger partial charge < -0.3 is 5.41 Å². The minimum atomic E-state index is 0.640. The largest absolute Gasteiger partial charge is 0.304 e. The molecule has 0 aliphatic heterocycles. The molecular weight excluding hydrogens is 167 g/mol. The highest BCUT2D eigenvalue weighted by atomic mass is 31.0. The van der Waals surface area contributed by atoms with Crippen molar-refractivity contribution in [1.82, 2.24) is 0 Å². The Hall–Kier alpha value is -0.230. The van der Waals surface area contributed by atoms with E-state index in [1.807, 2.05) is 0 Å². The van der Waals surface area contributed by atoms with Crippen LogP contribution in [0.1, 0.15) is 45.4 Å². The van der Waals surface area contributed by atoms with Gasteiger partial charge in [0.05, 0.1) is 0 Å². The molecule has 3 heteroatoms. The van der Waals surface area contributed by atoms with Crippen LogP contribution in [0, 0.1) is 5.41 Å². The molecule has 0 aromatic rings. The van der Waals surface area contributed by atoms with Gasteiger partial charge in [0, 0.05) is 11.9 Å². The molecule has 0 aromatic heterocycles. The average Bonchev–Trinajstić information content (AvgIpc) is 2.05. The summed E-state index contributed by atoms with van der Waals surface area (Å²) in [4.78, 5) is 0. The Labute approximate surface area is 77.6 Å². The maximum atomic E-state index is 7.41. The predicted octanol–water partition coefficient (Wildman–Crippen LogP) is 3.23. The standard InChI is InChI=1S/C9H19N2P/c1-2-3-4-5-6-7-9(10)8-11-12/h8,10H,2-7,12H2,1H3/b10-9?,11-8-. The summed E-state index contributed by atoms with van der Waals surface area (Å²) in [6.07, 6.45) is 8.78. The minimum absolute atomic E-state index is 0.640. The molecule has 70 valence electrons. The first-order valence-corrected chi connectivity index (χ1v) is 5.13. The zero-order chi connectivity index (χ0) is 9.23. The molecule has 0 bridgehead atoms. The van der Waals surface area contributed by atoms with E-state index in [9.17, 15) is 0 Å². The van der Waals surface area contributed by atoms with E-state index in [0.29, 0.717) is 5.71 Å². The molecule has 0 amide bonds. The molecule has 0 spiro atoms. The quantitative estimate of drug-likeness (QED) is 0.360. The SMILES string of the molecule is CCCCCCCC(=N)/C=N\P. The smallest absolute Gasteiger partial charge is 0.0495 e. The highest BCUT2D eigenvalue weighted by Gasteiger charge is 1.92. The van der Waals surface area contributed by atoms with Gasteiger partial charge in [0.1, 0.15) is 0 Å². The van der Waals surface area contributed by atoms with E-state index in [2.05, 4.69) is 21.1 Å². The lowest BCUT2D eigenvalue weighted by atomic mass is 10.1. The van der Waals surface area contributed by atoms with Crippen LogP contribution in [0.5, 0.6) is 0 Å². The van der Waals surface area contributed by atoms with Crippen molar-refractivity contribution in [2.45, 2.75) is 45.4 Å². The van der Waals surface area contributed by atoms with Crippen LogP contribution in [0.2, 0.25) is 0 Å². The first-order valence-electron chi connectivity index (χ1n) is 4.62. The third-order valence-electron chi connectivity index (χ3n) is 1.78. The summed E-state index contributed by atoms with van der Waals surface area (Å²) < 4.78 is 3.72. The fraction of sp³-hybridized carbons (Fsp3) is 0.778. The topological polar surface area (TPSA) is 36.2 Å². The molecule has 0 saturated heterocycles. The Balaban J connectivity index is 3.14. The van der Waals surface area contributed by atoms with Crippen molar-refractivity contribution >= 4 is 21.3 Å². The maximum absolute atomic E-state index is 7.41. The van der Waals surface area contributed by atoms with Gasteiger partial charge in [-0.2, -0.15) is 0 Å². The number of nitrogens with zero attached hydrogens (tertiary/aromatic N) is 1. The van der Waals surface area contributed by atoms with Gasteiger partial charge in [0.2, 0.25) is 0 Å². The van der Waals surface area contributed by atoms with Gasteiger partial charge in [-0.25, -0.2) is 0 Å². The number of hydrogen-bond donors (Lipinski definition) is 1. The Kier molecular flexibility index (Phi) is 8.69. The molecule has 12 heavy (non-hydrogen) atoms. The Morgan fingerprint density at radius 2 is 2.00 bits per heavy atom. The summed E-state index contributed by atoms with van der Waals surface area (Å²) in [7, 11) is 2.25. The second-order valence-corrected chi connectivity index (χ2v) is 3.27. The molecule has 1 N–H and O–H groups in total. The molecule has 0 radical (unpaired) electrons. The molecule has 1 atom stereocenters. The molecule has 0 aromatic carbocycles. The summed E-state index contributed by atoms with van der Waals surface area (Å²) >= 11 is 0. The number of nitrogens with one attached hydrogen (secondary N) is 1. The van der Waals surface area contributed by atoms with Crippen molar-refractivity contribution in [3.05, 3.63) is 0 Å². The van der Waals surface area contributed by atoms with Gasteiger partial charge in [-0.3, -0.25) is 4.76 Å². The molecule has 0 aliphatic rings.